The van der Waals surface area contributed by atoms with Crippen LogP contribution >= 0.6 is 0 Å². The molecule has 4 aromatic carbocycles. The molecule has 2 nitrogen and oxygen atoms in total. The van der Waals surface area contributed by atoms with E-state index >= 15 is 0 Å². The molecule has 4 rings (SSSR count). The van der Waals surface area contributed by atoms with Crippen LogP contribution in [0.2, 0.25) is 0 Å². The van der Waals surface area contributed by atoms with Crippen LogP contribution in [-0.2, 0) is 0 Å². The highest BCUT2D eigenvalue weighted by molar-refractivity contribution is 5.88. The van der Waals surface area contributed by atoms with Gasteiger partial charge in [-0.1, -0.05) is 109 Å². The maximum Gasteiger partial charge on any atom is 0.335 e. The SMILES string of the molecule is Cc1ccc(/C=C/c2cc(/C=C/c3ccccc3)cc(/C=C/c3ccc(C(=O)O)cc3)c2)cc1. The summed E-state index contributed by atoms with van der Waals surface area (Å²) in [4.78, 5) is 11.1. The number of carboxylic acids is 1. The molecule has 0 bridgehead atoms. The van der Waals surface area contributed by atoms with Gasteiger partial charge in [-0.2, -0.15) is 0 Å². The number of hydrogen-bond donors (Lipinski definition) is 1. The molecule has 4 aromatic rings. The fourth-order valence-electron chi connectivity index (χ4n) is 3.55. The summed E-state index contributed by atoms with van der Waals surface area (Å²) in [5, 5.41) is 9.09. The Morgan fingerprint density at radius 3 is 1.35 bits per heavy atom. The fourth-order valence-corrected chi connectivity index (χ4v) is 3.55. The van der Waals surface area contributed by atoms with E-state index in [0.717, 1.165) is 33.4 Å². The smallest absolute Gasteiger partial charge is 0.335 e. The molecular formula is C32H26O2. The predicted molar refractivity (Wildman–Crippen MR) is 144 cm³/mol. The first-order chi connectivity index (χ1) is 16.5. The summed E-state index contributed by atoms with van der Waals surface area (Å²) in [6, 6.07) is 32.0. The third-order valence-electron chi connectivity index (χ3n) is 5.44. The molecule has 34 heavy (non-hydrogen) atoms. The zero-order valence-corrected chi connectivity index (χ0v) is 19.1. The molecule has 0 saturated carbocycles. The summed E-state index contributed by atoms with van der Waals surface area (Å²) < 4.78 is 0. The van der Waals surface area contributed by atoms with E-state index < -0.39 is 5.97 Å². The second kappa shape index (κ2) is 10.9. The normalized spacial score (nSPS) is 11.6. The highest BCUT2D eigenvalue weighted by Crippen LogP contribution is 2.19. The minimum atomic E-state index is -0.918. The van der Waals surface area contributed by atoms with Gasteiger partial charge in [0.2, 0.25) is 0 Å². The Morgan fingerprint density at radius 2 is 0.912 bits per heavy atom. The van der Waals surface area contributed by atoms with Crippen molar-refractivity contribution in [3.63, 3.8) is 0 Å². The van der Waals surface area contributed by atoms with Gasteiger partial charge in [0.15, 0.2) is 0 Å². The summed E-state index contributed by atoms with van der Waals surface area (Å²) in [6.07, 6.45) is 12.5. The van der Waals surface area contributed by atoms with Crippen molar-refractivity contribution in [2.75, 3.05) is 0 Å². The number of carboxylic acid groups (broad SMARTS) is 1. The molecule has 2 heteroatoms. The van der Waals surface area contributed by atoms with Crippen molar-refractivity contribution < 1.29 is 9.90 Å². The molecule has 0 aromatic heterocycles. The van der Waals surface area contributed by atoms with E-state index in [2.05, 4.69) is 91.9 Å². The lowest BCUT2D eigenvalue weighted by atomic mass is 10.0. The molecule has 0 aliphatic rings. The zero-order valence-electron chi connectivity index (χ0n) is 19.1. The van der Waals surface area contributed by atoms with E-state index in [0.29, 0.717) is 0 Å². The maximum atomic E-state index is 11.1. The fraction of sp³-hybridized carbons (Fsp3) is 0.0312. The van der Waals surface area contributed by atoms with Crippen LogP contribution in [-0.4, -0.2) is 11.1 Å². The second-order valence-electron chi connectivity index (χ2n) is 8.18. The Hall–Kier alpha value is -4.43. The highest BCUT2D eigenvalue weighted by Gasteiger charge is 2.01. The number of aromatic carboxylic acids is 1. The monoisotopic (exact) mass is 442 g/mol. The second-order valence-corrected chi connectivity index (χ2v) is 8.18. The van der Waals surface area contributed by atoms with Crippen molar-refractivity contribution in [3.05, 3.63) is 142 Å². The Kier molecular flexibility index (Phi) is 7.32. The van der Waals surface area contributed by atoms with Crippen LogP contribution in [0.5, 0.6) is 0 Å². The van der Waals surface area contributed by atoms with Crippen molar-refractivity contribution in [3.8, 4) is 0 Å². The first-order valence-corrected chi connectivity index (χ1v) is 11.2. The van der Waals surface area contributed by atoms with Gasteiger partial charge in [-0.3, -0.25) is 0 Å². The van der Waals surface area contributed by atoms with E-state index in [1.165, 1.54) is 5.56 Å². The van der Waals surface area contributed by atoms with E-state index in [9.17, 15) is 4.79 Å². The van der Waals surface area contributed by atoms with Gasteiger partial charge in [-0.05, 0) is 70.6 Å². The molecule has 0 atom stereocenters. The van der Waals surface area contributed by atoms with Gasteiger partial charge in [0.1, 0.15) is 0 Å². The third-order valence-corrected chi connectivity index (χ3v) is 5.44. The first kappa shape index (κ1) is 22.8. The van der Waals surface area contributed by atoms with Crippen LogP contribution in [0.3, 0.4) is 0 Å². The Labute approximate surface area is 200 Å². The molecule has 0 fully saturated rings. The van der Waals surface area contributed by atoms with Crippen molar-refractivity contribution in [1.82, 2.24) is 0 Å². The molecule has 1 N–H and O–H groups in total. The summed E-state index contributed by atoms with van der Waals surface area (Å²) in [5.74, 6) is -0.918. The van der Waals surface area contributed by atoms with Gasteiger partial charge in [0.05, 0.1) is 5.56 Å². The van der Waals surface area contributed by atoms with E-state index in [1.807, 2.05) is 36.4 Å². The van der Waals surface area contributed by atoms with Crippen LogP contribution in [0.15, 0.2) is 97.1 Å². The summed E-state index contributed by atoms with van der Waals surface area (Å²) >= 11 is 0. The number of hydrogen-bond acceptors (Lipinski definition) is 1. The lowest BCUT2D eigenvalue weighted by Crippen LogP contribution is -1.94. The summed E-state index contributed by atoms with van der Waals surface area (Å²) in [7, 11) is 0. The minimum Gasteiger partial charge on any atom is -0.478 e. The van der Waals surface area contributed by atoms with E-state index in [4.69, 9.17) is 5.11 Å². The van der Waals surface area contributed by atoms with Gasteiger partial charge in [-0.15, -0.1) is 0 Å². The molecule has 0 aliphatic heterocycles. The highest BCUT2D eigenvalue weighted by atomic mass is 16.4. The van der Waals surface area contributed by atoms with Crippen LogP contribution in [0.1, 0.15) is 49.3 Å². The largest absolute Gasteiger partial charge is 0.478 e. The standard InChI is InChI=1S/C32H26O2/c1-24-7-9-26(10-8-24)12-15-29-21-28(14-11-25-5-3-2-4-6-25)22-30(23-29)16-13-27-17-19-31(20-18-27)32(33)34/h2-23H,1H3,(H,33,34)/b14-11+,15-12+,16-13+. The predicted octanol–water partition coefficient (Wildman–Crippen LogP) is 8.20. The zero-order chi connectivity index (χ0) is 23.8. The molecule has 0 saturated heterocycles. The maximum absolute atomic E-state index is 11.1. The van der Waals surface area contributed by atoms with Crippen LogP contribution in [0.25, 0.3) is 36.5 Å². The topological polar surface area (TPSA) is 37.3 Å². The van der Waals surface area contributed by atoms with Gasteiger partial charge in [0.25, 0.3) is 0 Å². The van der Waals surface area contributed by atoms with Crippen molar-refractivity contribution in [1.29, 1.82) is 0 Å². The van der Waals surface area contributed by atoms with Gasteiger partial charge < -0.3 is 5.11 Å². The van der Waals surface area contributed by atoms with Gasteiger partial charge >= 0.3 is 5.97 Å². The molecule has 166 valence electrons. The van der Waals surface area contributed by atoms with Crippen LogP contribution in [0, 0.1) is 6.92 Å². The third kappa shape index (κ3) is 6.54. The Balaban J connectivity index is 1.63. The average molecular weight is 443 g/mol. The van der Waals surface area contributed by atoms with Gasteiger partial charge in [-0.25, -0.2) is 4.79 Å². The summed E-state index contributed by atoms with van der Waals surface area (Å²) in [5.41, 5.74) is 8.08. The van der Waals surface area contributed by atoms with Crippen LogP contribution < -0.4 is 0 Å². The molecule has 0 amide bonds. The Morgan fingerprint density at radius 1 is 0.529 bits per heavy atom. The Bertz CT molecular complexity index is 1340. The minimum absolute atomic E-state index is 0.286. The molecule has 0 unspecified atom stereocenters. The summed E-state index contributed by atoms with van der Waals surface area (Å²) in [6.45, 7) is 2.09. The molecule has 0 heterocycles. The number of rotatable bonds is 7. The molecule has 0 radical (unpaired) electrons. The number of aryl methyl sites for hydroxylation is 1. The van der Waals surface area contributed by atoms with E-state index in [1.54, 1.807) is 12.1 Å². The molecule has 0 spiro atoms. The first-order valence-electron chi connectivity index (χ1n) is 11.2. The lowest BCUT2D eigenvalue weighted by Gasteiger charge is -2.03. The quantitative estimate of drug-likeness (QED) is 0.293. The van der Waals surface area contributed by atoms with Crippen LogP contribution in [0.4, 0.5) is 0 Å². The molecule has 0 aliphatic carbocycles. The van der Waals surface area contributed by atoms with E-state index in [-0.39, 0.29) is 5.56 Å². The number of benzene rings is 4. The van der Waals surface area contributed by atoms with Crippen molar-refractivity contribution >= 4 is 42.4 Å². The van der Waals surface area contributed by atoms with Crippen molar-refractivity contribution in [2.24, 2.45) is 0 Å². The van der Waals surface area contributed by atoms with Crippen molar-refractivity contribution in [2.45, 2.75) is 6.92 Å². The molecular weight excluding hydrogens is 416 g/mol. The number of carbonyl (C=O) groups is 1. The van der Waals surface area contributed by atoms with Gasteiger partial charge in [0, 0.05) is 0 Å². The lowest BCUT2D eigenvalue weighted by molar-refractivity contribution is 0.0697. The average Bonchev–Trinajstić information content (AvgIpc) is 2.87.